The molecular formula is C12H23N3O. The Hall–Kier alpha value is -0.870. The molecule has 0 fully saturated rings. The van der Waals surface area contributed by atoms with Gasteiger partial charge in [-0.05, 0) is 6.07 Å². The Bertz CT molecular complexity index is 361. The zero-order chi connectivity index (χ0) is 12.6. The van der Waals surface area contributed by atoms with Gasteiger partial charge >= 0.3 is 0 Å². The van der Waals surface area contributed by atoms with Crippen LogP contribution in [0.5, 0.6) is 0 Å². The third-order valence-electron chi connectivity index (χ3n) is 2.79. The van der Waals surface area contributed by atoms with Gasteiger partial charge in [0.15, 0.2) is 0 Å². The third-order valence-corrected chi connectivity index (χ3v) is 2.79. The maximum Gasteiger partial charge on any atom is 0.0785 e. The quantitative estimate of drug-likeness (QED) is 0.799. The fraction of sp³-hybridized carbons (Fsp3) is 0.750. The number of nitrogens with two attached hydrogens (primary N) is 1. The number of hydrogen-bond donors (Lipinski definition) is 1. The maximum atomic E-state index is 5.16. The lowest BCUT2D eigenvalue weighted by molar-refractivity contribution is 0.0935. The van der Waals surface area contributed by atoms with Crippen LogP contribution in [0.1, 0.15) is 46.0 Å². The highest BCUT2D eigenvalue weighted by Gasteiger charge is 2.28. The van der Waals surface area contributed by atoms with Gasteiger partial charge in [0.05, 0.1) is 12.3 Å². The summed E-state index contributed by atoms with van der Waals surface area (Å²) in [5.74, 6) is 5.16. The zero-order valence-electron chi connectivity index (χ0n) is 11.2. The molecule has 0 atom stereocenters. The molecule has 1 aromatic heterocycles. The molecule has 0 bridgehead atoms. The van der Waals surface area contributed by atoms with Crippen molar-refractivity contribution in [3.05, 3.63) is 17.5 Å². The molecule has 0 aliphatic carbocycles. The van der Waals surface area contributed by atoms with E-state index < -0.39 is 0 Å². The molecule has 2 N–H and O–H groups in total. The summed E-state index contributed by atoms with van der Waals surface area (Å²) in [5, 5.41) is 4.55. The van der Waals surface area contributed by atoms with Gasteiger partial charge in [-0.15, -0.1) is 0 Å². The number of aromatic nitrogens is 2. The van der Waals surface area contributed by atoms with Crippen molar-refractivity contribution in [3.8, 4) is 0 Å². The molecular weight excluding hydrogens is 202 g/mol. The van der Waals surface area contributed by atoms with Crippen LogP contribution in [0.3, 0.4) is 0 Å². The van der Waals surface area contributed by atoms with Gasteiger partial charge in [0.2, 0.25) is 0 Å². The Morgan fingerprint density at radius 2 is 1.88 bits per heavy atom. The van der Waals surface area contributed by atoms with E-state index in [-0.39, 0.29) is 10.8 Å². The fourth-order valence-electron chi connectivity index (χ4n) is 1.75. The summed E-state index contributed by atoms with van der Waals surface area (Å²) in [5.41, 5.74) is 2.17. The zero-order valence-corrected chi connectivity index (χ0v) is 11.2. The highest BCUT2D eigenvalue weighted by atomic mass is 16.6. The molecule has 0 saturated heterocycles. The van der Waals surface area contributed by atoms with Crippen molar-refractivity contribution in [2.75, 3.05) is 6.61 Å². The fourth-order valence-corrected chi connectivity index (χ4v) is 1.75. The van der Waals surface area contributed by atoms with Crippen LogP contribution in [0, 0.1) is 0 Å². The van der Waals surface area contributed by atoms with Crippen molar-refractivity contribution >= 4 is 0 Å². The molecule has 1 heterocycles. The number of rotatable bonds is 3. The lowest BCUT2D eigenvalue weighted by atomic mass is 9.87. The van der Waals surface area contributed by atoms with Gasteiger partial charge in [0.1, 0.15) is 0 Å². The number of hydrogen-bond acceptors (Lipinski definition) is 3. The van der Waals surface area contributed by atoms with E-state index in [0.29, 0.717) is 6.61 Å². The molecule has 4 heteroatoms. The van der Waals surface area contributed by atoms with Crippen molar-refractivity contribution in [1.82, 2.24) is 9.78 Å². The van der Waals surface area contributed by atoms with Crippen molar-refractivity contribution in [2.24, 2.45) is 12.9 Å². The Labute approximate surface area is 97.7 Å². The van der Waals surface area contributed by atoms with Gasteiger partial charge in [-0.25, -0.2) is 5.90 Å². The van der Waals surface area contributed by atoms with E-state index in [1.807, 2.05) is 11.7 Å². The van der Waals surface area contributed by atoms with E-state index in [9.17, 15) is 0 Å². The molecule has 0 aliphatic heterocycles. The first-order valence-corrected chi connectivity index (χ1v) is 5.55. The predicted octanol–water partition coefficient (Wildman–Crippen LogP) is 1.89. The van der Waals surface area contributed by atoms with Gasteiger partial charge in [-0.2, -0.15) is 5.10 Å². The van der Waals surface area contributed by atoms with Gasteiger partial charge < -0.3 is 4.84 Å². The number of nitrogens with zero attached hydrogens (tertiary/aromatic N) is 2. The first kappa shape index (κ1) is 13.2. The molecule has 0 aliphatic rings. The standard InChI is InChI=1S/C12H23N3O/c1-11(2,3)9-7-10(15(6)14-9)12(4,5)8-16-13/h7H,8,13H2,1-6H3. The summed E-state index contributed by atoms with van der Waals surface area (Å²) in [6, 6.07) is 2.14. The second-order valence-corrected chi connectivity index (χ2v) is 5.98. The normalized spacial score (nSPS) is 13.2. The van der Waals surface area contributed by atoms with E-state index in [1.54, 1.807) is 0 Å². The van der Waals surface area contributed by atoms with Crippen molar-refractivity contribution in [3.63, 3.8) is 0 Å². The minimum atomic E-state index is -0.125. The van der Waals surface area contributed by atoms with E-state index >= 15 is 0 Å². The monoisotopic (exact) mass is 225 g/mol. The molecule has 92 valence electrons. The van der Waals surface area contributed by atoms with E-state index in [0.717, 1.165) is 11.4 Å². The largest absolute Gasteiger partial charge is 0.304 e. The summed E-state index contributed by atoms with van der Waals surface area (Å²) >= 11 is 0. The second-order valence-electron chi connectivity index (χ2n) is 5.98. The van der Waals surface area contributed by atoms with Crippen molar-refractivity contribution < 1.29 is 4.84 Å². The Balaban J connectivity index is 3.12. The Morgan fingerprint density at radius 1 is 1.31 bits per heavy atom. The van der Waals surface area contributed by atoms with Crippen molar-refractivity contribution in [1.29, 1.82) is 0 Å². The van der Waals surface area contributed by atoms with Crippen LogP contribution in [0.15, 0.2) is 6.07 Å². The minimum absolute atomic E-state index is 0.0651. The summed E-state index contributed by atoms with van der Waals surface area (Å²) in [7, 11) is 1.96. The van der Waals surface area contributed by atoms with Crippen LogP contribution in [-0.4, -0.2) is 16.4 Å². The summed E-state index contributed by atoms with van der Waals surface area (Å²) < 4.78 is 1.92. The van der Waals surface area contributed by atoms with E-state index in [1.165, 1.54) is 0 Å². The minimum Gasteiger partial charge on any atom is -0.304 e. The molecule has 0 amide bonds. The maximum absolute atomic E-state index is 5.16. The van der Waals surface area contributed by atoms with E-state index in [2.05, 4.69) is 45.8 Å². The molecule has 16 heavy (non-hydrogen) atoms. The molecule has 4 nitrogen and oxygen atoms in total. The predicted molar refractivity (Wildman–Crippen MR) is 65.1 cm³/mol. The molecule has 0 spiro atoms. The molecule has 1 rings (SSSR count). The first-order chi connectivity index (χ1) is 7.18. The van der Waals surface area contributed by atoms with Gasteiger partial charge in [0, 0.05) is 23.6 Å². The average molecular weight is 225 g/mol. The molecule has 0 saturated carbocycles. The van der Waals surface area contributed by atoms with Gasteiger partial charge in [-0.3, -0.25) is 4.68 Å². The smallest absolute Gasteiger partial charge is 0.0785 e. The topological polar surface area (TPSA) is 53.1 Å². The third kappa shape index (κ3) is 2.62. The van der Waals surface area contributed by atoms with Crippen LogP contribution in [0.2, 0.25) is 0 Å². The number of aryl methyl sites for hydroxylation is 1. The van der Waals surface area contributed by atoms with Crippen molar-refractivity contribution in [2.45, 2.75) is 45.4 Å². The highest BCUT2D eigenvalue weighted by Crippen LogP contribution is 2.28. The molecule has 0 aromatic carbocycles. The molecule has 0 radical (unpaired) electrons. The van der Waals surface area contributed by atoms with Crippen LogP contribution in [-0.2, 0) is 22.7 Å². The Kier molecular flexibility index (Phi) is 3.45. The van der Waals surface area contributed by atoms with Gasteiger partial charge in [0.25, 0.3) is 0 Å². The summed E-state index contributed by atoms with van der Waals surface area (Å²) in [6.45, 7) is 11.2. The lowest BCUT2D eigenvalue weighted by Crippen LogP contribution is -2.28. The summed E-state index contributed by atoms with van der Waals surface area (Å²) in [4.78, 5) is 4.77. The Morgan fingerprint density at radius 3 is 2.25 bits per heavy atom. The van der Waals surface area contributed by atoms with Crippen LogP contribution < -0.4 is 5.90 Å². The summed E-state index contributed by atoms with van der Waals surface area (Å²) in [6.07, 6.45) is 0. The van der Waals surface area contributed by atoms with Gasteiger partial charge in [-0.1, -0.05) is 34.6 Å². The lowest BCUT2D eigenvalue weighted by Gasteiger charge is -2.23. The average Bonchev–Trinajstić information content (AvgIpc) is 2.46. The highest BCUT2D eigenvalue weighted by molar-refractivity contribution is 5.23. The van der Waals surface area contributed by atoms with Crippen LogP contribution in [0.25, 0.3) is 0 Å². The SMILES string of the molecule is Cn1nc(C(C)(C)C)cc1C(C)(C)CON. The van der Waals surface area contributed by atoms with Crippen LogP contribution in [0.4, 0.5) is 0 Å². The van der Waals surface area contributed by atoms with Crippen LogP contribution >= 0.6 is 0 Å². The van der Waals surface area contributed by atoms with E-state index in [4.69, 9.17) is 10.7 Å². The molecule has 1 aromatic rings. The molecule has 0 unspecified atom stereocenters. The first-order valence-electron chi connectivity index (χ1n) is 5.55. The second kappa shape index (κ2) is 4.18.